The summed E-state index contributed by atoms with van der Waals surface area (Å²) in [5, 5.41) is 0.101. The highest BCUT2D eigenvalue weighted by atomic mass is 28.4. The molecular formula is C20H34O2Si. The van der Waals surface area contributed by atoms with Crippen molar-refractivity contribution >= 4 is 14.1 Å². The van der Waals surface area contributed by atoms with Crippen LogP contribution < -0.4 is 0 Å². The lowest BCUT2D eigenvalue weighted by Crippen LogP contribution is -2.46. The van der Waals surface area contributed by atoms with Crippen molar-refractivity contribution in [3.8, 4) is 0 Å². The number of carbonyl (C=O) groups is 1. The molecule has 0 saturated carbocycles. The molecule has 1 aliphatic carbocycles. The third-order valence-corrected chi connectivity index (χ3v) is 9.63. The fourth-order valence-corrected chi connectivity index (χ4v) is 3.61. The Morgan fingerprint density at radius 1 is 1.26 bits per heavy atom. The van der Waals surface area contributed by atoms with Gasteiger partial charge in [0.1, 0.15) is 6.10 Å². The van der Waals surface area contributed by atoms with Crippen molar-refractivity contribution in [2.45, 2.75) is 71.7 Å². The van der Waals surface area contributed by atoms with Gasteiger partial charge in [-0.2, -0.15) is 0 Å². The van der Waals surface area contributed by atoms with Crippen LogP contribution in [0.25, 0.3) is 0 Å². The smallest absolute Gasteiger partial charge is 0.193 e. The average Bonchev–Trinajstić information content (AvgIpc) is 2.39. The van der Waals surface area contributed by atoms with E-state index in [4.69, 9.17) is 4.43 Å². The molecule has 2 atom stereocenters. The molecule has 0 radical (unpaired) electrons. The molecule has 0 aliphatic heterocycles. The lowest BCUT2D eigenvalue weighted by molar-refractivity contribution is -0.122. The predicted molar refractivity (Wildman–Crippen MR) is 102 cm³/mol. The van der Waals surface area contributed by atoms with Gasteiger partial charge in [-0.1, -0.05) is 65.0 Å². The third kappa shape index (κ3) is 5.89. The molecule has 1 rings (SSSR count). The highest BCUT2D eigenvalue weighted by Crippen LogP contribution is 2.38. The average molecular weight is 335 g/mol. The maximum Gasteiger partial charge on any atom is 0.193 e. The van der Waals surface area contributed by atoms with E-state index in [-0.39, 0.29) is 16.9 Å². The van der Waals surface area contributed by atoms with E-state index in [9.17, 15) is 4.79 Å². The number of carbonyl (C=O) groups excluding carboxylic acids is 1. The lowest BCUT2D eigenvalue weighted by Gasteiger charge is -2.39. The molecule has 0 heterocycles. The minimum atomic E-state index is -1.98. The summed E-state index contributed by atoms with van der Waals surface area (Å²) in [6, 6.07) is 0. The van der Waals surface area contributed by atoms with Gasteiger partial charge in [-0.15, -0.1) is 0 Å². The molecule has 0 saturated heterocycles. The first-order valence-corrected chi connectivity index (χ1v) is 11.6. The van der Waals surface area contributed by atoms with Crippen LogP contribution in [0.1, 0.15) is 47.5 Å². The van der Waals surface area contributed by atoms with Gasteiger partial charge in [-0.25, -0.2) is 0 Å². The van der Waals surface area contributed by atoms with E-state index < -0.39 is 8.32 Å². The molecule has 0 amide bonds. The third-order valence-electron chi connectivity index (χ3n) is 5.14. The maximum absolute atomic E-state index is 12.7. The van der Waals surface area contributed by atoms with E-state index in [1.54, 1.807) is 6.08 Å². The second-order valence-corrected chi connectivity index (χ2v) is 13.3. The highest BCUT2D eigenvalue weighted by Gasteiger charge is 2.40. The van der Waals surface area contributed by atoms with E-state index in [1.165, 1.54) is 0 Å². The molecule has 0 fully saturated rings. The Morgan fingerprint density at radius 3 is 2.39 bits per heavy atom. The van der Waals surface area contributed by atoms with Crippen LogP contribution in [0.5, 0.6) is 0 Å². The van der Waals surface area contributed by atoms with E-state index in [0.717, 1.165) is 18.4 Å². The Balaban J connectivity index is 3.08. The van der Waals surface area contributed by atoms with Crippen molar-refractivity contribution in [2.75, 3.05) is 0 Å². The summed E-state index contributed by atoms with van der Waals surface area (Å²) < 4.78 is 6.48. The van der Waals surface area contributed by atoms with Crippen molar-refractivity contribution in [3.63, 3.8) is 0 Å². The molecule has 0 N–H and O–H groups in total. The summed E-state index contributed by atoms with van der Waals surface area (Å²) in [6.07, 6.45) is 9.05. The van der Waals surface area contributed by atoms with Gasteiger partial charge in [0.25, 0.3) is 0 Å². The fraction of sp³-hybridized carbons (Fsp3) is 0.650. The first kappa shape index (κ1) is 20.1. The fourth-order valence-electron chi connectivity index (χ4n) is 2.34. The van der Waals surface area contributed by atoms with Gasteiger partial charge in [0, 0.05) is 0 Å². The molecule has 0 aromatic rings. The van der Waals surface area contributed by atoms with Crippen LogP contribution in [-0.4, -0.2) is 20.2 Å². The SMILES string of the molecule is C=C1/C=C/[C@H](C(C)C)CC(O[Si](C)(C)C(C)(C)C)C(=O)/C=C\C1. The molecular weight excluding hydrogens is 300 g/mol. The molecule has 0 bridgehead atoms. The molecule has 1 unspecified atom stereocenters. The van der Waals surface area contributed by atoms with Crippen LogP contribution in [0, 0.1) is 11.8 Å². The topological polar surface area (TPSA) is 26.3 Å². The summed E-state index contributed by atoms with van der Waals surface area (Å²) in [6.45, 7) is 19.5. The Kier molecular flexibility index (Phi) is 6.78. The molecule has 1 aliphatic rings. The zero-order valence-corrected chi connectivity index (χ0v) is 17.0. The molecule has 130 valence electrons. The second kappa shape index (κ2) is 7.76. The van der Waals surface area contributed by atoms with E-state index >= 15 is 0 Å². The maximum atomic E-state index is 12.7. The van der Waals surface area contributed by atoms with E-state index in [1.807, 2.05) is 6.08 Å². The minimum absolute atomic E-state index is 0.101. The molecule has 23 heavy (non-hydrogen) atoms. The summed E-state index contributed by atoms with van der Waals surface area (Å²) >= 11 is 0. The molecule has 3 heteroatoms. The Morgan fingerprint density at radius 2 is 1.87 bits per heavy atom. The van der Waals surface area contributed by atoms with E-state index in [2.05, 4.69) is 66.4 Å². The van der Waals surface area contributed by atoms with Gasteiger partial charge in [0.05, 0.1) is 0 Å². The van der Waals surface area contributed by atoms with Crippen molar-refractivity contribution in [2.24, 2.45) is 11.8 Å². The summed E-state index contributed by atoms with van der Waals surface area (Å²) in [5.41, 5.74) is 1.04. The molecule has 0 aromatic heterocycles. The van der Waals surface area contributed by atoms with Crippen LogP contribution in [0.2, 0.25) is 18.1 Å². The minimum Gasteiger partial charge on any atom is -0.407 e. The van der Waals surface area contributed by atoms with Crippen LogP contribution >= 0.6 is 0 Å². The monoisotopic (exact) mass is 334 g/mol. The summed E-state index contributed by atoms with van der Waals surface area (Å²) in [5.74, 6) is 0.904. The summed E-state index contributed by atoms with van der Waals surface area (Å²) in [7, 11) is -1.98. The zero-order valence-electron chi connectivity index (χ0n) is 16.0. The first-order chi connectivity index (χ1) is 10.4. The van der Waals surface area contributed by atoms with E-state index in [0.29, 0.717) is 11.8 Å². The molecule has 0 aromatic carbocycles. The van der Waals surface area contributed by atoms with Crippen molar-refractivity contribution in [1.29, 1.82) is 0 Å². The lowest BCUT2D eigenvalue weighted by atomic mass is 9.87. The van der Waals surface area contributed by atoms with Crippen LogP contribution in [0.3, 0.4) is 0 Å². The Labute approximate surface area is 143 Å². The van der Waals surface area contributed by atoms with Gasteiger partial charge >= 0.3 is 0 Å². The summed E-state index contributed by atoms with van der Waals surface area (Å²) in [4.78, 5) is 12.7. The van der Waals surface area contributed by atoms with Crippen molar-refractivity contribution in [1.82, 2.24) is 0 Å². The van der Waals surface area contributed by atoms with Crippen LogP contribution in [0.4, 0.5) is 0 Å². The van der Waals surface area contributed by atoms with Gasteiger partial charge in [0.15, 0.2) is 14.1 Å². The van der Waals surface area contributed by atoms with Gasteiger partial charge in [-0.05, 0) is 48.9 Å². The highest BCUT2D eigenvalue weighted by molar-refractivity contribution is 6.74. The number of rotatable bonds is 3. The zero-order chi connectivity index (χ0) is 17.8. The standard InChI is InChI=1S/C20H34O2Si/c1-15(2)17-13-12-16(3)10-9-11-18(21)19(14-17)22-23(7,8)20(4,5)6/h9,11-13,15,17,19H,3,10,14H2,1-2,4-8H3/b11-9-,13-12+/t17-,19?/m0/s1. The quantitative estimate of drug-likeness (QED) is 0.621. The second-order valence-electron chi connectivity index (χ2n) is 8.54. The van der Waals surface area contributed by atoms with Gasteiger partial charge in [-0.3, -0.25) is 4.79 Å². The number of hydrogen-bond donors (Lipinski definition) is 0. The number of hydrogen-bond acceptors (Lipinski definition) is 2. The predicted octanol–water partition coefficient (Wildman–Crippen LogP) is 5.68. The largest absolute Gasteiger partial charge is 0.407 e. The van der Waals surface area contributed by atoms with Crippen molar-refractivity contribution < 1.29 is 9.22 Å². The van der Waals surface area contributed by atoms with Crippen LogP contribution in [0.15, 0.2) is 36.5 Å². The van der Waals surface area contributed by atoms with Crippen LogP contribution in [-0.2, 0) is 9.22 Å². The van der Waals surface area contributed by atoms with Gasteiger partial charge < -0.3 is 4.43 Å². The Hall–Kier alpha value is -0.933. The number of allylic oxidation sites excluding steroid dienone is 4. The van der Waals surface area contributed by atoms with Gasteiger partial charge in [0.2, 0.25) is 0 Å². The molecule has 0 spiro atoms. The molecule has 2 nitrogen and oxygen atoms in total. The number of ketones is 1. The van der Waals surface area contributed by atoms with Crippen molar-refractivity contribution in [3.05, 3.63) is 36.5 Å². The normalized spacial score (nSPS) is 27.1. The first-order valence-electron chi connectivity index (χ1n) is 8.68. The Bertz CT molecular complexity index is 492.